The summed E-state index contributed by atoms with van der Waals surface area (Å²) in [5.41, 5.74) is 2.42. The van der Waals surface area contributed by atoms with Gasteiger partial charge in [-0.2, -0.15) is 0 Å². The van der Waals surface area contributed by atoms with E-state index < -0.39 is 0 Å². The van der Waals surface area contributed by atoms with E-state index in [1.165, 1.54) is 0 Å². The average molecular weight is 399 g/mol. The molecule has 2 rings (SSSR count). The van der Waals surface area contributed by atoms with Crippen molar-refractivity contribution in [3.63, 3.8) is 0 Å². The summed E-state index contributed by atoms with van der Waals surface area (Å²) in [7, 11) is 1.61. The fourth-order valence-corrected chi connectivity index (χ4v) is 2.71. The zero-order valence-corrected chi connectivity index (χ0v) is 17.5. The van der Waals surface area contributed by atoms with E-state index in [9.17, 15) is 4.79 Å². The van der Waals surface area contributed by atoms with Crippen molar-refractivity contribution in [1.82, 2.24) is 10.6 Å². The zero-order chi connectivity index (χ0) is 21.1. The molecule has 0 spiro atoms. The number of anilines is 1. The number of benzene rings is 2. The lowest BCUT2D eigenvalue weighted by Crippen LogP contribution is -2.30. The molecule has 2 aromatic rings. The summed E-state index contributed by atoms with van der Waals surface area (Å²) in [6.07, 6.45) is 0. The Kier molecular flexibility index (Phi) is 8.82. The Morgan fingerprint density at radius 3 is 2.48 bits per heavy atom. The number of hydrogen-bond acceptors (Lipinski definition) is 4. The van der Waals surface area contributed by atoms with E-state index in [1.54, 1.807) is 13.2 Å². The van der Waals surface area contributed by atoms with E-state index in [0.717, 1.165) is 17.8 Å². The van der Waals surface area contributed by atoms with Crippen LogP contribution in [0, 0.1) is 0 Å². The summed E-state index contributed by atoms with van der Waals surface area (Å²) in [4.78, 5) is 16.6. The molecule has 3 N–H and O–H groups in total. The second-order valence-electron chi connectivity index (χ2n) is 6.18. The number of aliphatic imine (C=N–C) groups is 1. The highest BCUT2D eigenvalue weighted by Gasteiger charge is 2.08. The van der Waals surface area contributed by atoms with Crippen LogP contribution in [0.4, 0.5) is 5.69 Å². The molecule has 0 aromatic heterocycles. The maximum atomic E-state index is 12.0. The minimum Gasteiger partial charge on any atom is -0.493 e. The molecule has 1 amide bonds. The molecule has 0 heterocycles. The largest absolute Gasteiger partial charge is 0.493 e. The summed E-state index contributed by atoms with van der Waals surface area (Å²) in [5, 5.41) is 9.31. The van der Waals surface area contributed by atoms with Crippen molar-refractivity contribution in [2.45, 2.75) is 27.3 Å². The van der Waals surface area contributed by atoms with Gasteiger partial charge in [0.05, 0.1) is 20.3 Å². The smallest absolute Gasteiger partial charge is 0.251 e. The number of rotatable bonds is 9. The van der Waals surface area contributed by atoms with E-state index in [0.29, 0.717) is 42.7 Å². The topological polar surface area (TPSA) is 84.0 Å². The molecule has 0 bridgehead atoms. The van der Waals surface area contributed by atoms with Crippen LogP contribution in [0.5, 0.6) is 11.5 Å². The van der Waals surface area contributed by atoms with Crippen LogP contribution in [0.2, 0.25) is 0 Å². The van der Waals surface area contributed by atoms with Crippen molar-refractivity contribution in [2.75, 3.05) is 32.1 Å². The first-order valence-electron chi connectivity index (χ1n) is 9.84. The summed E-state index contributed by atoms with van der Waals surface area (Å²) in [5.74, 6) is 1.92. The van der Waals surface area contributed by atoms with Gasteiger partial charge in [-0.15, -0.1) is 0 Å². The quantitative estimate of drug-likeness (QED) is 0.445. The maximum Gasteiger partial charge on any atom is 0.251 e. The second-order valence-corrected chi connectivity index (χ2v) is 6.18. The maximum absolute atomic E-state index is 12.0. The van der Waals surface area contributed by atoms with Gasteiger partial charge in [-0.1, -0.05) is 12.1 Å². The fraction of sp³-hybridized carbons (Fsp3) is 0.364. The van der Waals surface area contributed by atoms with Gasteiger partial charge in [-0.25, -0.2) is 4.99 Å². The molecule has 0 aliphatic rings. The number of amides is 1. The van der Waals surface area contributed by atoms with Gasteiger partial charge in [0.2, 0.25) is 0 Å². The summed E-state index contributed by atoms with van der Waals surface area (Å²) >= 11 is 0. The highest BCUT2D eigenvalue weighted by molar-refractivity contribution is 5.95. The molecule has 0 aliphatic carbocycles. The lowest BCUT2D eigenvalue weighted by atomic mass is 10.1. The fourth-order valence-electron chi connectivity index (χ4n) is 2.71. The normalized spacial score (nSPS) is 11.0. The highest BCUT2D eigenvalue weighted by atomic mass is 16.5. The van der Waals surface area contributed by atoms with Gasteiger partial charge < -0.3 is 25.4 Å². The monoisotopic (exact) mass is 398 g/mol. The molecule has 2 aromatic carbocycles. The number of carbonyl (C=O) groups is 1. The van der Waals surface area contributed by atoms with Crippen LogP contribution in [0.3, 0.4) is 0 Å². The van der Waals surface area contributed by atoms with Gasteiger partial charge >= 0.3 is 0 Å². The first-order valence-corrected chi connectivity index (χ1v) is 9.84. The number of ether oxygens (including phenoxy) is 2. The van der Waals surface area contributed by atoms with Gasteiger partial charge in [0.1, 0.15) is 0 Å². The van der Waals surface area contributed by atoms with Crippen LogP contribution in [0.15, 0.2) is 47.5 Å². The number of guanidine groups is 1. The molecule has 0 fully saturated rings. The average Bonchev–Trinajstić information content (AvgIpc) is 2.73. The molecule has 0 radical (unpaired) electrons. The number of nitrogens with zero attached hydrogens (tertiary/aromatic N) is 1. The van der Waals surface area contributed by atoms with Gasteiger partial charge in [0, 0.05) is 30.4 Å². The minimum absolute atomic E-state index is 0.0788. The molecule has 7 nitrogen and oxygen atoms in total. The third-order valence-corrected chi connectivity index (χ3v) is 4.02. The van der Waals surface area contributed by atoms with Crippen LogP contribution >= 0.6 is 0 Å². The Balaban J connectivity index is 2.14. The van der Waals surface area contributed by atoms with E-state index in [-0.39, 0.29) is 5.91 Å². The van der Waals surface area contributed by atoms with Crippen LogP contribution in [0.1, 0.15) is 36.7 Å². The first-order chi connectivity index (χ1) is 14.1. The summed E-state index contributed by atoms with van der Waals surface area (Å²) < 4.78 is 11.0. The Morgan fingerprint density at radius 1 is 1.00 bits per heavy atom. The molecule has 0 saturated heterocycles. The molecular weight excluding hydrogens is 368 g/mol. The second kappa shape index (κ2) is 11.6. The number of nitrogens with one attached hydrogen (secondary N) is 3. The predicted octanol–water partition coefficient (Wildman–Crippen LogP) is 3.42. The van der Waals surface area contributed by atoms with E-state index in [1.807, 2.05) is 57.2 Å². The van der Waals surface area contributed by atoms with Crippen LogP contribution in [0.25, 0.3) is 0 Å². The molecule has 0 unspecified atom stereocenters. The van der Waals surface area contributed by atoms with Crippen LogP contribution < -0.4 is 25.4 Å². The Hall–Kier alpha value is -3.22. The number of methoxy groups -OCH3 is 1. The van der Waals surface area contributed by atoms with Gasteiger partial charge in [-0.3, -0.25) is 4.79 Å². The van der Waals surface area contributed by atoms with Crippen LogP contribution in [-0.4, -0.2) is 38.7 Å². The van der Waals surface area contributed by atoms with Gasteiger partial charge in [-0.05, 0) is 50.6 Å². The highest BCUT2D eigenvalue weighted by Crippen LogP contribution is 2.30. The lowest BCUT2D eigenvalue weighted by Gasteiger charge is -2.14. The Bertz CT molecular complexity index is 837. The SMILES string of the molecule is CCNC(=O)c1cccc(CN=C(NCC)Nc2ccc(OCC)c(OC)c2)c1. The molecule has 156 valence electrons. The summed E-state index contributed by atoms with van der Waals surface area (Å²) in [6.45, 7) is 8.17. The Morgan fingerprint density at radius 2 is 1.79 bits per heavy atom. The van der Waals surface area contributed by atoms with Crippen LogP contribution in [-0.2, 0) is 6.54 Å². The van der Waals surface area contributed by atoms with E-state index >= 15 is 0 Å². The Labute approximate surface area is 172 Å². The molecule has 29 heavy (non-hydrogen) atoms. The first kappa shape index (κ1) is 22.1. The third-order valence-electron chi connectivity index (χ3n) is 4.02. The molecule has 0 atom stereocenters. The van der Waals surface area contributed by atoms with E-state index in [4.69, 9.17) is 9.47 Å². The number of carbonyl (C=O) groups excluding carboxylic acids is 1. The standard InChI is InChI=1S/C22H30N4O3/c1-5-23-21(27)17-10-8-9-16(13-17)15-25-22(24-6-2)26-18-11-12-19(29-7-3)20(14-18)28-4/h8-14H,5-7,15H2,1-4H3,(H,23,27)(H2,24,25,26). The van der Waals surface area contributed by atoms with Gasteiger partial charge in [0.25, 0.3) is 5.91 Å². The predicted molar refractivity (Wildman–Crippen MR) is 117 cm³/mol. The van der Waals surface area contributed by atoms with Crippen molar-refractivity contribution >= 4 is 17.6 Å². The zero-order valence-electron chi connectivity index (χ0n) is 17.5. The van der Waals surface area contributed by atoms with E-state index in [2.05, 4.69) is 20.9 Å². The van der Waals surface area contributed by atoms with Crippen molar-refractivity contribution in [1.29, 1.82) is 0 Å². The molecule has 0 saturated carbocycles. The molecule has 0 aliphatic heterocycles. The van der Waals surface area contributed by atoms with Crippen molar-refractivity contribution < 1.29 is 14.3 Å². The summed E-state index contributed by atoms with van der Waals surface area (Å²) in [6, 6.07) is 13.1. The minimum atomic E-state index is -0.0788. The van der Waals surface area contributed by atoms with Crippen molar-refractivity contribution in [3.05, 3.63) is 53.6 Å². The molecular formula is C22H30N4O3. The lowest BCUT2D eigenvalue weighted by molar-refractivity contribution is 0.0955. The molecule has 7 heteroatoms. The van der Waals surface area contributed by atoms with Crippen molar-refractivity contribution in [2.24, 2.45) is 4.99 Å². The number of hydrogen-bond donors (Lipinski definition) is 3. The van der Waals surface area contributed by atoms with Gasteiger partial charge in [0.15, 0.2) is 17.5 Å². The third kappa shape index (κ3) is 6.71. The van der Waals surface area contributed by atoms with Crippen molar-refractivity contribution in [3.8, 4) is 11.5 Å².